The molecule has 25 heavy (non-hydrogen) atoms. The molecule has 0 aliphatic heterocycles. The maximum Gasteiger partial charge on any atom is 0.269 e. The summed E-state index contributed by atoms with van der Waals surface area (Å²) in [4.78, 5) is 21.7. The van der Waals surface area contributed by atoms with E-state index in [4.69, 9.17) is 4.74 Å². The summed E-state index contributed by atoms with van der Waals surface area (Å²) in [5.41, 5.74) is 1.17. The lowest BCUT2D eigenvalue weighted by Crippen LogP contribution is -2.21. The number of hydrogen-bond donors (Lipinski definition) is 0. The fourth-order valence-electron chi connectivity index (χ4n) is 1.75. The zero-order valence-electron chi connectivity index (χ0n) is 13.8. The second-order valence-corrected chi connectivity index (χ2v) is 5.84. The van der Waals surface area contributed by atoms with Crippen LogP contribution in [0.4, 0.5) is 17.1 Å². The molecule has 0 atom stereocenters. The molecule has 0 aliphatic carbocycles. The van der Waals surface area contributed by atoms with E-state index >= 15 is 0 Å². The van der Waals surface area contributed by atoms with E-state index in [9.17, 15) is 20.2 Å². The molecule has 0 bridgehead atoms. The fourth-order valence-corrected chi connectivity index (χ4v) is 2.01. The maximum absolute atomic E-state index is 10.4. The van der Waals surface area contributed by atoms with Crippen molar-refractivity contribution in [3.05, 3.63) is 73.2 Å². The van der Waals surface area contributed by atoms with Gasteiger partial charge in [-0.2, -0.15) is 0 Å². The number of likely N-dealkylation sites (N-methyl/N-ethyl adjacent to an activating group) is 1. The molecular formula is C16H18BrN3O5. The smallest absolute Gasteiger partial charge is 0.269 e. The van der Waals surface area contributed by atoms with Gasteiger partial charge >= 0.3 is 0 Å². The van der Waals surface area contributed by atoms with Crippen LogP contribution in [0.2, 0.25) is 0 Å². The summed E-state index contributed by atoms with van der Waals surface area (Å²) >= 11 is 3.17. The third-order valence-corrected chi connectivity index (χ3v) is 3.70. The van der Waals surface area contributed by atoms with Crippen molar-refractivity contribution in [2.75, 3.05) is 32.2 Å². The quantitative estimate of drug-likeness (QED) is 0.525. The highest BCUT2D eigenvalue weighted by atomic mass is 79.9. The van der Waals surface area contributed by atoms with Gasteiger partial charge in [-0.3, -0.25) is 20.2 Å². The summed E-state index contributed by atoms with van der Waals surface area (Å²) in [6.45, 7) is 1.39. The number of nitrogens with zero attached hydrogens (tertiary/aromatic N) is 3. The molecule has 0 aliphatic rings. The summed E-state index contributed by atoms with van der Waals surface area (Å²) in [7, 11) is 3.56. The standard InChI is InChI=1S/C10H14N2O3.C6H4BrNO2/c1-11(7-8-15-2)9-3-5-10(6-4-9)12(13)14;7-5-1-3-6(4-2-5)8(9)10/h3-6H,7-8H2,1-2H3;1-4H. The molecule has 0 heterocycles. The van der Waals surface area contributed by atoms with E-state index in [1.807, 2.05) is 11.9 Å². The molecule has 9 heteroatoms. The van der Waals surface area contributed by atoms with E-state index in [-0.39, 0.29) is 11.4 Å². The second kappa shape index (κ2) is 10.4. The van der Waals surface area contributed by atoms with Gasteiger partial charge in [-0.05, 0) is 24.3 Å². The van der Waals surface area contributed by atoms with Crippen LogP contribution in [0.15, 0.2) is 53.0 Å². The topological polar surface area (TPSA) is 98.8 Å². The Morgan fingerprint density at radius 3 is 1.80 bits per heavy atom. The van der Waals surface area contributed by atoms with Gasteiger partial charge in [0.05, 0.1) is 16.5 Å². The highest BCUT2D eigenvalue weighted by molar-refractivity contribution is 9.10. The van der Waals surface area contributed by atoms with Crippen molar-refractivity contribution in [3.63, 3.8) is 0 Å². The van der Waals surface area contributed by atoms with Crippen LogP contribution in [0, 0.1) is 20.2 Å². The van der Waals surface area contributed by atoms with Crippen LogP contribution < -0.4 is 4.90 Å². The first-order valence-corrected chi connectivity index (χ1v) is 7.99. The van der Waals surface area contributed by atoms with Gasteiger partial charge in [0.2, 0.25) is 0 Å². The number of hydrogen-bond acceptors (Lipinski definition) is 6. The first kappa shape index (κ1) is 20.5. The van der Waals surface area contributed by atoms with Gasteiger partial charge in [-0.15, -0.1) is 0 Å². The zero-order chi connectivity index (χ0) is 18.8. The van der Waals surface area contributed by atoms with E-state index in [2.05, 4.69) is 15.9 Å². The third kappa shape index (κ3) is 7.27. The van der Waals surface area contributed by atoms with Crippen molar-refractivity contribution < 1.29 is 14.6 Å². The van der Waals surface area contributed by atoms with Gasteiger partial charge < -0.3 is 9.64 Å². The fraction of sp³-hybridized carbons (Fsp3) is 0.250. The molecule has 0 saturated carbocycles. The lowest BCUT2D eigenvalue weighted by Gasteiger charge is -2.18. The van der Waals surface area contributed by atoms with Crippen molar-refractivity contribution >= 4 is 33.0 Å². The second-order valence-electron chi connectivity index (χ2n) is 4.92. The Labute approximate surface area is 153 Å². The Morgan fingerprint density at radius 1 is 0.960 bits per heavy atom. The van der Waals surface area contributed by atoms with Crippen LogP contribution >= 0.6 is 15.9 Å². The Balaban J connectivity index is 0.000000271. The average Bonchev–Trinajstić information content (AvgIpc) is 2.60. The SMILES string of the molecule is COCCN(C)c1ccc([N+](=O)[O-])cc1.O=[N+]([O-])c1ccc(Br)cc1. The molecule has 0 fully saturated rings. The number of ether oxygens (including phenoxy) is 1. The number of halogens is 1. The van der Waals surface area contributed by atoms with Crippen LogP contribution in [0.5, 0.6) is 0 Å². The molecule has 0 unspecified atom stereocenters. The Bertz CT molecular complexity index is 692. The molecule has 0 spiro atoms. The van der Waals surface area contributed by atoms with Crippen molar-refractivity contribution in [2.24, 2.45) is 0 Å². The van der Waals surface area contributed by atoms with E-state index < -0.39 is 9.85 Å². The maximum atomic E-state index is 10.4. The number of nitro benzene ring substituents is 2. The number of benzene rings is 2. The molecule has 0 N–H and O–H groups in total. The molecule has 0 aromatic heterocycles. The molecule has 134 valence electrons. The number of anilines is 1. The van der Waals surface area contributed by atoms with Crippen LogP contribution in [-0.2, 0) is 4.74 Å². The third-order valence-electron chi connectivity index (χ3n) is 3.17. The summed E-state index contributed by atoms with van der Waals surface area (Å²) in [5.74, 6) is 0. The normalized spacial score (nSPS) is 9.72. The molecular weight excluding hydrogens is 394 g/mol. The summed E-state index contributed by atoms with van der Waals surface area (Å²) in [5, 5.41) is 20.5. The van der Waals surface area contributed by atoms with E-state index in [1.165, 1.54) is 24.3 Å². The molecule has 2 rings (SSSR count). The molecule has 0 amide bonds. The van der Waals surface area contributed by atoms with E-state index in [1.54, 1.807) is 31.4 Å². The molecule has 0 radical (unpaired) electrons. The van der Waals surface area contributed by atoms with Gasteiger partial charge in [0.15, 0.2) is 0 Å². The highest BCUT2D eigenvalue weighted by Gasteiger charge is 2.06. The van der Waals surface area contributed by atoms with E-state index in [0.717, 1.165) is 16.7 Å². The lowest BCUT2D eigenvalue weighted by molar-refractivity contribution is -0.385. The summed E-state index contributed by atoms with van der Waals surface area (Å²) in [6.07, 6.45) is 0. The van der Waals surface area contributed by atoms with Gasteiger partial charge in [0, 0.05) is 55.1 Å². The largest absolute Gasteiger partial charge is 0.383 e. The zero-order valence-corrected chi connectivity index (χ0v) is 15.4. The highest BCUT2D eigenvalue weighted by Crippen LogP contribution is 2.18. The minimum atomic E-state index is -0.424. The van der Waals surface area contributed by atoms with E-state index in [0.29, 0.717) is 6.61 Å². The molecule has 8 nitrogen and oxygen atoms in total. The molecule has 2 aromatic rings. The van der Waals surface area contributed by atoms with Gasteiger partial charge in [-0.1, -0.05) is 15.9 Å². The summed E-state index contributed by atoms with van der Waals surface area (Å²) < 4.78 is 5.79. The average molecular weight is 412 g/mol. The van der Waals surface area contributed by atoms with Crippen LogP contribution in [0.25, 0.3) is 0 Å². The van der Waals surface area contributed by atoms with Crippen molar-refractivity contribution in [1.29, 1.82) is 0 Å². The Morgan fingerprint density at radius 2 is 1.40 bits per heavy atom. The van der Waals surface area contributed by atoms with Crippen molar-refractivity contribution in [2.45, 2.75) is 0 Å². The molecule has 0 saturated heterocycles. The number of methoxy groups -OCH3 is 1. The van der Waals surface area contributed by atoms with Crippen LogP contribution in [-0.4, -0.2) is 37.2 Å². The first-order chi connectivity index (χ1) is 11.8. The first-order valence-electron chi connectivity index (χ1n) is 7.19. The van der Waals surface area contributed by atoms with Gasteiger partial charge in [0.1, 0.15) is 0 Å². The number of non-ortho nitro benzene ring substituents is 2. The van der Waals surface area contributed by atoms with Crippen molar-refractivity contribution in [3.8, 4) is 0 Å². The van der Waals surface area contributed by atoms with Gasteiger partial charge in [-0.25, -0.2) is 0 Å². The Hall–Kier alpha value is -2.52. The Kier molecular flexibility index (Phi) is 8.51. The molecule has 2 aromatic carbocycles. The van der Waals surface area contributed by atoms with Gasteiger partial charge in [0.25, 0.3) is 11.4 Å². The number of nitro groups is 2. The lowest BCUT2D eigenvalue weighted by atomic mass is 10.2. The summed E-state index contributed by atoms with van der Waals surface area (Å²) in [6, 6.07) is 12.6. The minimum absolute atomic E-state index is 0.110. The van der Waals surface area contributed by atoms with Crippen molar-refractivity contribution in [1.82, 2.24) is 0 Å². The number of rotatable bonds is 6. The predicted molar refractivity (Wildman–Crippen MR) is 99.0 cm³/mol. The minimum Gasteiger partial charge on any atom is -0.383 e. The van der Waals surface area contributed by atoms with Crippen LogP contribution in [0.3, 0.4) is 0 Å². The monoisotopic (exact) mass is 411 g/mol. The predicted octanol–water partition coefficient (Wildman–Crippen LogP) is 4.03. The van der Waals surface area contributed by atoms with Crippen LogP contribution in [0.1, 0.15) is 0 Å².